The summed E-state index contributed by atoms with van der Waals surface area (Å²) < 4.78 is 29.1. The molecule has 1 atom stereocenters. The van der Waals surface area contributed by atoms with Gasteiger partial charge >= 0.3 is 5.97 Å². The maximum absolute atomic E-state index is 15.8. The summed E-state index contributed by atoms with van der Waals surface area (Å²) in [5.74, 6) is -0.631. The molecule has 3 aromatic rings. The molecule has 8 nitrogen and oxygen atoms in total. The van der Waals surface area contributed by atoms with Gasteiger partial charge in [0.2, 0.25) is 5.91 Å². The van der Waals surface area contributed by atoms with Crippen LogP contribution in [0.5, 0.6) is 6.01 Å². The third kappa shape index (κ3) is 9.19. The molecule has 0 spiro atoms. The highest BCUT2D eigenvalue weighted by atomic mass is 32.2. The molecule has 1 fully saturated rings. The van der Waals surface area contributed by atoms with E-state index in [2.05, 4.69) is 5.32 Å². The summed E-state index contributed by atoms with van der Waals surface area (Å²) in [5, 5.41) is 2.42. The SMILES string of the molecule is CCOc1nc(C2CC2)c(CNC(=O)C(CC(C)C)SC(C)=O)n1Cc1ccc(-c2ccccc2C(=O)OC(C)(C)C)cc1F. The van der Waals surface area contributed by atoms with Crippen LogP contribution in [-0.4, -0.2) is 44.0 Å². The number of hydrogen-bond acceptors (Lipinski definition) is 7. The van der Waals surface area contributed by atoms with Crippen molar-refractivity contribution in [3.05, 3.63) is 70.8 Å². The van der Waals surface area contributed by atoms with Crippen molar-refractivity contribution in [2.24, 2.45) is 5.92 Å². The summed E-state index contributed by atoms with van der Waals surface area (Å²) in [6.07, 6.45) is 2.54. The lowest BCUT2D eigenvalue weighted by atomic mass is 9.98. The largest absolute Gasteiger partial charge is 0.465 e. The number of ether oxygens (including phenoxy) is 2. The fraction of sp³-hybridized carbons (Fsp3) is 0.486. The van der Waals surface area contributed by atoms with Crippen LogP contribution in [0, 0.1) is 11.7 Å². The minimum atomic E-state index is -0.666. The van der Waals surface area contributed by atoms with Crippen molar-refractivity contribution in [1.82, 2.24) is 14.9 Å². The van der Waals surface area contributed by atoms with E-state index in [9.17, 15) is 14.4 Å². The number of benzene rings is 2. The van der Waals surface area contributed by atoms with E-state index in [4.69, 9.17) is 14.5 Å². The van der Waals surface area contributed by atoms with Crippen LogP contribution >= 0.6 is 11.8 Å². The molecule has 0 radical (unpaired) electrons. The number of rotatable bonds is 13. The number of carbonyl (C=O) groups is 3. The number of carbonyl (C=O) groups excluding carboxylic acids is 3. The van der Waals surface area contributed by atoms with Crippen molar-refractivity contribution in [1.29, 1.82) is 0 Å². The topological polar surface area (TPSA) is 99.5 Å². The van der Waals surface area contributed by atoms with Crippen LogP contribution in [0.4, 0.5) is 4.39 Å². The van der Waals surface area contributed by atoms with Gasteiger partial charge in [-0.05, 0) is 76.1 Å². The van der Waals surface area contributed by atoms with Crippen molar-refractivity contribution in [2.45, 2.75) is 97.6 Å². The van der Waals surface area contributed by atoms with Gasteiger partial charge in [0.1, 0.15) is 11.4 Å². The number of halogens is 1. The van der Waals surface area contributed by atoms with Gasteiger partial charge in [-0.3, -0.25) is 14.2 Å². The number of imidazole rings is 1. The van der Waals surface area contributed by atoms with Gasteiger partial charge in [-0.15, -0.1) is 0 Å². The first-order chi connectivity index (χ1) is 21.3. The van der Waals surface area contributed by atoms with Gasteiger partial charge in [0.15, 0.2) is 5.12 Å². The summed E-state index contributed by atoms with van der Waals surface area (Å²) in [6, 6.07) is 12.3. The van der Waals surface area contributed by atoms with Crippen molar-refractivity contribution in [2.75, 3.05) is 6.61 Å². The minimum Gasteiger partial charge on any atom is -0.465 e. The zero-order chi connectivity index (χ0) is 32.9. The molecule has 1 N–H and O–H groups in total. The first-order valence-electron chi connectivity index (χ1n) is 15.6. The monoisotopic (exact) mass is 637 g/mol. The summed E-state index contributed by atoms with van der Waals surface area (Å²) in [4.78, 5) is 42.8. The average molecular weight is 638 g/mol. The standard InChI is InChI=1S/C35H44FN3O5S/c1-8-43-34-38-31(23-13-14-23)29(19-37-32(41)30(17-21(2)3)45-22(4)40)39(34)20-25-16-15-24(18-28(25)36)26-11-9-10-12-27(26)33(42)44-35(5,6)7/h9-12,15-16,18,21,23,30H,8,13-14,17,19-20H2,1-7H3,(H,37,41). The number of thioether (sulfide) groups is 1. The number of nitrogens with zero attached hydrogens (tertiary/aromatic N) is 2. The molecule has 2 aromatic carbocycles. The van der Waals surface area contributed by atoms with Gasteiger partial charge < -0.3 is 14.8 Å². The molecule has 1 unspecified atom stereocenters. The molecule has 1 aromatic heterocycles. The minimum absolute atomic E-state index is 0.106. The lowest BCUT2D eigenvalue weighted by Gasteiger charge is -2.20. The van der Waals surface area contributed by atoms with Crippen LogP contribution in [-0.2, 0) is 27.4 Å². The van der Waals surface area contributed by atoms with E-state index in [-0.39, 0.29) is 35.9 Å². The number of aromatic nitrogens is 2. The fourth-order valence-corrected chi connectivity index (χ4v) is 6.21. The Bertz CT molecular complexity index is 1540. The van der Waals surface area contributed by atoms with Gasteiger partial charge in [0.05, 0.1) is 41.9 Å². The molecule has 10 heteroatoms. The van der Waals surface area contributed by atoms with E-state index < -0.39 is 22.6 Å². The van der Waals surface area contributed by atoms with Gasteiger partial charge in [0.25, 0.3) is 6.01 Å². The highest BCUT2D eigenvalue weighted by Gasteiger charge is 2.33. The Kier molecular flexibility index (Phi) is 11.1. The molecule has 1 heterocycles. The molecule has 4 rings (SSSR count). The summed E-state index contributed by atoms with van der Waals surface area (Å²) in [7, 11) is 0. The van der Waals surface area contributed by atoms with Gasteiger partial charge in [-0.25, -0.2) is 9.18 Å². The second-order valence-corrected chi connectivity index (χ2v) is 14.2. The molecule has 0 saturated heterocycles. The summed E-state index contributed by atoms with van der Waals surface area (Å²) >= 11 is 1.04. The van der Waals surface area contributed by atoms with Crippen molar-refractivity contribution < 1.29 is 28.2 Å². The van der Waals surface area contributed by atoms with E-state index in [1.165, 1.54) is 13.0 Å². The van der Waals surface area contributed by atoms with Crippen LogP contribution in [0.2, 0.25) is 0 Å². The molecular weight excluding hydrogens is 593 g/mol. The van der Waals surface area contributed by atoms with Crippen LogP contribution in [0.15, 0.2) is 42.5 Å². The third-order valence-corrected chi connectivity index (χ3v) is 8.28. The molecule has 1 aliphatic rings. The number of amides is 1. The predicted molar refractivity (Wildman–Crippen MR) is 175 cm³/mol. The third-order valence-electron chi connectivity index (χ3n) is 7.26. The molecule has 0 bridgehead atoms. The van der Waals surface area contributed by atoms with E-state index >= 15 is 4.39 Å². The summed E-state index contributed by atoms with van der Waals surface area (Å²) in [6.45, 7) is 13.5. The van der Waals surface area contributed by atoms with Crippen LogP contribution < -0.4 is 10.1 Å². The smallest absolute Gasteiger partial charge is 0.339 e. The Morgan fingerprint density at radius 1 is 1.13 bits per heavy atom. The van der Waals surface area contributed by atoms with E-state index in [0.29, 0.717) is 41.3 Å². The second-order valence-electron chi connectivity index (χ2n) is 12.8. The quantitative estimate of drug-likeness (QED) is 0.197. The Morgan fingerprint density at radius 2 is 1.84 bits per heavy atom. The maximum atomic E-state index is 15.8. The lowest BCUT2D eigenvalue weighted by Crippen LogP contribution is -2.34. The highest BCUT2D eigenvalue weighted by molar-refractivity contribution is 8.14. The zero-order valence-electron chi connectivity index (χ0n) is 27.2. The Labute approximate surface area is 269 Å². The van der Waals surface area contributed by atoms with E-state index in [1.54, 1.807) is 57.2 Å². The Morgan fingerprint density at radius 3 is 2.44 bits per heavy atom. The van der Waals surface area contributed by atoms with Crippen molar-refractivity contribution in [3.63, 3.8) is 0 Å². The Balaban J connectivity index is 1.64. The number of hydrogen-bond donors (Lipinski definition) is 1. The van der Waals surface area contributed by atoms with Crippen molar-refractivity contribution >= 4 is 28.8 Å². The zero-order valence-corrected chi connectivity index (χ0v) is 28.1. The predicted octanol–water partition coefficient (Wildman–Crippen LogP) is 7.28. The van der Waals surface area contributed by atoms with Gasteiger partial charge in [-0.2, -0.15) is 4.98 Å². The van der Waals surface area contributed by atoms with Crippen LogP contribution in [0.25, 0.3) is 11.1 Å². The average Bonchev–Trinajstić information content (AvgIpc) is 3.74. The van der Waals surface area contributed by atoms with Crippen LogP contribution in [0.1, 0.15) is 101 Å². The second kappa shape index (κ2) is 14.6. The van der Waals surface area contributed by atoms with Gasteiger partial charge in [0, 0.05) is 18.4 Å². The molecule has 1 amide bonds. The maximum Gasteiger partial charge on any atom is 0.339 e. The lowest BCUT2D eigenvalue weighted by molar-refractivity contribution is -0.121. The van der Waals surface area contributed by atoms with E-state index in [1.807, 2.05) is 25.3 Å². The molecule has 0 aliphatic heterocycles. The molecule has 1 saturated carbocycles. The number of esters is 1. The molecular formula is C35H44FN3O5S. The summed E-state index contributed by atoms with van der Waals surface area (Å²) in [5.41, 5.74) is 2.85. The molecule has 242 valence electrons. The van der Waals surface area contributed by atoms with Crippen LogP contribution in [0.3, 0.4) is 0 Å². The Hall–Kier alpha value is -3.66. The van der Waals surface area contributed by atoms with E-state index in [0.717, 1.165) is 36.0 Å². The molecule has 1 aliphatic carbocycles. The first kappa shape index (κ1) is 34.2. The first-order valence-corrected chi connectivity index (χ1v) is 16.4. The fourth-order valence-electron chi connectivity index (χ4n) is 5.13. The van der Waals surface area contributed by atoms with Gasteiger partial charge in [-0.1, -0.05) is 55.9 Å². The van der Waals surface area contributed by atoms with Crippen molar-refractivity contribution in [3.8, 4) is 17.1 Å². The normalized spacial score (nSPS) is 13.9. The number of nitrogens with one attached hydrogen (secondary N) is 1. The highest BCUT2D eigenvalue weighted by Crippen LogP contribution is 2.42. The molecule has 45 heavy (non-hydrogen) atoms.